The van der Waals surface area contributed by atoms with E-state index in [1.165, 1.54) is 0 Å². The predicted molar refractivity (Wildman–Crippen MR) is 46.8 cm³/mol. The monoisotopic (exact) mass is 203 g/mol. The molecule has 2 aromatic rings. The van der Waals surface area contributed by atoms with Crippen LogP contribution < -0.4 is 0 Å². The van der Waals surface area contributed by atoms with Gasteiger partial charge in [-0.1, -0.05) is 29.8 Å². The number of aromatic nitrogens is 1. The van der Waals surface area contributed by atoms with E-state index in [0.29, 0.717) is 0 Å². The van der Waals surface area contributed by atoms with Gasteiger partial charge in [-0.15, -0.1) is 0 Å². The number of nitrogens with zero attached hydrogens (tertiary/aromatic N) is 1. The Bertz CT molecular complexity index is 384. The Morgan fingerprint density at radius 3 is 2.58 bits per heavy atom. The molecule has 0 atom stereocenters. The molecule has 0 saturated carbocycles. The van der Waals surface area contributed by atoms with Crippen molar-refractivity contribution in [3.05, 3.63) is 41.6 Å². The number of hydrogen-bond acceptors (Lipinski definition) is 1. The molecule has 3 heteroatoms. The van der Waals surface area contributed by atoms with Crippen LogP contribution in [0.15, 0.2) is 36.5 Å². The molecule has 1 heterocycles. The first-order chi connectivity index (χ1) is 5.38. The van der Waals surface area contributed by atoms with Crippen LogP contribution in [0.5, 0.6) is 0 Å². The number of pyridine rings is 1. The van der Waals surface area contributed by atoms with Crippen LogP contribution in [0.1, 0.15) is 0 Å². The maximum absolute atomic E-state index is 5.92. The van der Waals surface area contributed by atoms with Crippen molar-refractivity contribution in [1.82, 2.24) is 4.98 Å². The Hall–Kier alpha value is 0.180. The van der Waals surface area contributed by atoms with Crippen molar-refractivity contribution in [2.75, 3.05) is 0 Å². The number of fused-ring (bicyclic) bond motifs is 1. The van der Waals surface area contributed by atoms with Gasteiger partial charge in [0.05, 0.1) is 10.5 Å². The molecule has 0 spiro atoms. The van der Waals surface area contributed by atoms with Gasteiger partial charge in [0, 0.05) is 49.3 Å². The molecular formula is C9H6ArClN. The molecule has 1 nitrogen and oxygen atoms in total. The van der Waals surface area contributed by atoms with Gasteiger partial charge in [0.25, 0.3) is 0 Å². The summed E-state index contributed by atoms with van der Waals surface area (Å²) in [6.07, 6.45) is 1.71. The van der Waals surface area contributed by atoms with Gasteiger partial charge in [0.1, 0.15) is 0 Å². The number of halogens is 1. The first-order valence-electron chi connectivity index (χ1n) is 3.37. The van der Waals surface area contributed by atoms with E-state index in [-0.39, 0.29) is 37.7 Å². The van der Waals surface area contributed by atoms with E-state index in [9.17, 15) is 0 Å². The number of rotatable bonds is 0. The number of benzene rings is 1. The Kier molecular flexibility index (Phi) is 3.78. The molecule has 62 valence electrons. The summed E-state index contributed by atoms with van der Waals surface area (Å²) in [4.78, 5) is 4.16. The van der Waals surface area contributed by atoms with Gasteiger partial charge < -0.3 is 0 Å². The molecule has 0 bridgehead atoms. The molecule has 0 radical (unpaired) electrons. The van der Waals surface area contributed by atoms with Gasteiger partial charge in [0.15, 0.2) is 0 Å². The van der Waals surface area contributed by atoms with Crippen molar-refractivity contribution in [2.24, 2.45) is 0 Å². The third-order valence-corrected chi connectivity index (χ3v) is 1.93. The van der Waals surface area contributed by atoms with Crippen molar-refractivity contribution in [3.63, 3.8) is 0 Å². The fourth-order valence-corrected chi connectivity index (χ4v) is 1.28. The van der Waals surface area contributed by atoms with E-state index in [4.69, 9.17) is 11.6 Å². The zero-order chi connectivity index (χ0) is 7.68. The van der Waals surface area contributed by atoms with Crippen molar-refractivity contribution < 1.29 is 37.7 Å². The molecule has 0 fully saturated rings. The Morgan fingerprint density at radius 2 is 1.83 bits per heavy atom. The van der Waals surface area contributed by atoms with Crippen LogP contribution in [0.2, 0.25) is 5.02 Å². The van der Waals surface area contributed by atoms with E-state index in [0.717, 1.165) is 15.9 Å². The molecule has 0 unspecified atom stereocenters. The molecule has 1 aromatic carbocycles. The smallest absolute Gasteiger partial charge is 0.0716 e. The largest absolute Gasteiger partial charge is 0.256 e. The fourth-order valence-electron chi connectivity index (χ4n) is 1.06. The quantitative estimate of drug-likeness (QED) is 0.642. The topological polar surface area (TPSA) is 12.9 Å². The molecular weight excluding hydrogens is 198 g/mol. The summed E-state index contributed by atoms with van der Waals surface area (Å²) in [6.45, 7) is 0. The zero-order valence-corrected chi connectivity index (χ0v) is 7.61. The zero-order valence-electron chi connectivity index (χ0n) is 6.14. The Balaban J connectivity index is 0.000000720. The average molecular weight is 204 g/mol. The summed E-state index contributed by atoms with van der Waals surface area (Å²) in [5.41, 5.74) is 0.944. The second kappa shape index (κ2) is 4.43. The molecule has 0 aliphatic heterocycles. The van der Waals surface area contributed by atoms with Gasteiger partial charge in [-0.2, -0.15) is 0 Å². The summed E-state index contributed by atoms with van der Waals surface area (Å²) < 4.78 is 0. The van der Waals surface area contributed by atoms with Gasteiger partial charge in [-0.05, 0) is 12.1 Å². The van der Waals surface area contributed by atoms with Crippen LogP contribution in [-0.2, 0) is 0 Å². The molecule has 12 heavy (non-hydrogen) atoms. The average Bonchev–Trinajstić information content (AvgIpc) is 2.06. The molecule has 0 aliphatic carbocycles. The van der Waals surface area contributed by atoms with Crippen LogP contribution in [0, 0.1) is 37.7 Å². The third kappa shape index (κ3) is 1.91. The first kappa shape index (κ1) is 10.3. The first-order valence-corrected chi connectivity index (χ1v) is 3.75. The number of hydrogen-bond donors (Lipinski definition) is 0. The van der Waals surface area contributed by atoms with Gasteiger partial charge in [-0.25, -0.2) is 0 Å². The Morgan fingerprint density at radius 1 is 1.08 bits per heavy atom. The van der Waals surface area contributed by atoms with Crippen LogP contribution in [0.3, 0.4) is 0 Å². The predicted octanol–water partition coefficient (Wildman–Crippen LogP) is 2.89. The fraction of sp³-hybridized carbons (Fsp3) is 0. The summed E-state index contributed by atoms with van der Waals surface area (Å²) in [7, 11) is 0. The molecule has 2 rings (SSSR count). The molecule has 0 N–H and O–H groups in total. The van der Waals surface area contributed by atoms with Crippen LogP contribution in [-0.4, -0.2) is 4.98 Å². The second-order valence-electron chi connectivity index (χ2n) is 2.31. The van der Waals surface area contributed by atoms with E-state index in [1.54, 1.807) is 12.3 Å². The number of para-hydroxylation sites is 1. The SMILES string of the molecule is Clc1ccnc2ccccc12.[Ar]. The molecule has 0 amide bonds. The second-order valence-corrected chi connectivity index (χ2v) is 2.72. The summed E-state index contributed by atoms with van der Waals surface area (Å²) in [5.74, 6) is 0. The summed E-state index contributed by atoms with van der Waals surface area (Å²) >= 11 is 5.92. The van der Waals surface area contributed by atoms with Crippen molar-refractivity contribution >= 4 is 22.5 Å². The molecule has 0 saturated heterocycles. The molecule has 0 aliphatic rings. The normalized spacial score (nSPS) is 9.42. The summed E-state index contributed by atoms with van der Waals surface area (Å²) in [6, 6.07) is 9.61. The standard InChI is InChI=1S/C9H6ClN.Ar/c10-8-5-6-11-9-4-2-1-3-7(8)9;/h1-6H;. The maximum atomic E-state index is 5.92. The minimum absolute atomic E-state index is 0. The minimum Gasteiger partial charge on any atom is -0.256 e. The minimum atomic E-state index is 0. The van der Waals surface area contributed by atoms with Crippen molar-refractivity contribution in [1.29, 1.82) is 0 Å². The van der Waals surface area contributed by atoms with Gasteiger partial charge in [0.2, 0.25) is 0 Å². The van der Waals surface area contributed by atoms with Crippen LogP contribution >= 0.6 is 11.6 Å². The van der Waals surface area contributed by atoms with Gasteiger partial charge >= 0.3 is 0 Å². The summed E-state index contributed by atoms with van der Waals surface area (Å²) in [5, 5.41) is 1.77. The van der Waals surface area contributed by atoms with E-state index in [2.05, 4.69) is 4.98 Å². The van der Waals surface area contributed by atoms with Gasteiger partial charge in [-0.3, -0.25) is 4.98 Å². The van der Waals surface area contributed by atoms with Crippen molar-refractivity contribution in [2.45, 2.75) is 0 Å². The third-order valence-electron chi connectivity index (χ3n) is 1.60. The maximum Gasteiger partial charge on any atom is 0.0716 e. The molecule has 1 aromatic heterocycles. The van der Waals surface area contributed by atoms with E-state index < -0.39 is 0 Å². The van der Waals surface area contributed by atoms with E-state index >= 15 is 0 Å². The Labute approximate surface area is 106 Å². The van der Waals surface area contributed by atoms with Crippen molar-refractivity contribution in [3.8, 4) is 0 Å². The van der Waals surface area contributed by atoms with E-state index in [1.807, 2.05) is 24.3 Å². The van der Waals surface area contributed by atoms with Crippen LogP contribution in [0.25, 0.3) is 10.9 Å². The van der Waals surface area contributed by atoms with Crippen LogP contribution in [0.4, 0.5) is 0 Å².